The van der Waals surface area contributed by atoms with E-state index < -0.39 is 11.9 Å². The number of anilines is 1. The van der Waals surface area contributed by atoms with Crippen LogP contribution in [-0.2, 0) is 14.4 Å². The zero-order valence-electron chi connectivity index (χ0n) is 16.1. The van der Waals surface area contributed by atoms with Crippen LogP contribution in [0.3, 0.4) is 0 Å². The van der Waals surface area contributed by atoms with Crippen LogP contribution in [0.25, 0.3) is 0 Å². The number of nitrogens with zero attached hydrogens (tertiary/aromatic N) is 1. The van der Waals surface area contributed by atoms with Gasteiger partial charge in [-0.2, -0.15) is 0 Å². The fourth-order valence-electron chi connectivity index (χ4n) is 3.93. The van der Waals surface area contributed by atoms with Gasteiger partial charge in [0.25, 0.3) is 0 Å². The summed E-state index contributed by atoms with van der Waals surface area (Å²) >= 11 is 0. The fourth-order valence-corrected chi connectivity index (χ4v) is 3.93. The molecule has 0 aromatic heterocycles. The zero-order valence-corrected chi connectivity index (χ0v) is 16.1. The van der Waals surface area contributed by atoms with E-state index in [4.69, 9.17) is 14.6 Å². The molecule has 2 aliphatic rings. The van der Waals surface area contributed by atoms with Gasteiger partial charge in [0, 0.05) is 30.8 Å². The summed E-state index contributed by atoms with van der Waals surface area (Å²) in [4.78, 5) is 37.7. The molecule has 28 heavy (non-hydrogen) atoms. The van der Waals surface area contributed by atoms with Gasteiger partial charge in [0.15, 0.2) is 11.5 Å². The molecular weight excluding hydrogens is 364 g/mol. The van der Waals surface area contributed by atoms with E-state index in [1.165, 1.54) is 7.11 Å². The lowest BCUT2D eigenvalue weighted by Crippen LogP contribution is -2.42. The quantitative estimate of drug-likeness (QED) is 0.768. The Morgan fingerprint density at radius 1 is 1.07 bits per heavy atom. The molecule has 0 bridgehead atoms. The molecule has 1 saturated heterocycles. The largest absolute Gasteiger partial charge is 0.493 e. The van der Waals surface area contributed by atoms with E-state index in [0.29, 0.717) is 49.4 Å². The van der Waals surface area contributed by atoms with Crippen molar-refractivity contribution in [2.75, 3.05) is 25.7 Å². The van der Waals surface area contributed by atoms with Gasteiger partial charge in [0.05, 0.1) is 26.1 Å². The Bertz CT molecular complexity index is 757. The number of aliphatic carboxylic acids is 1. The number of hydrogen-bond acceptors (Lipinski definition) is 5. The lowest BCUT2D eigenvalue weighted by Gasteiger charge is -2.27. The highest BCUT2D eigenvalue weighted by Crippen LogP contribution is 2.34. The number of ether oxygens (including phenoxy) is 2. The Morgan fingerprint density at radius 3 is 2.36 bits per heavy atom. The van der Waals surface area contributed by atoms with Crippen molar-refractivity contribution < 1.29 is 29.0 Å². The van der Waals surface area contributed by atoms with E-state index in [1.807, 2.05) is 0 Å². The first-order chi connectivity index (χ1) is 13.4. The van der Waals surface area contributed by atoms with Gasteiger partial charge in [-0.1, -0.05) is 0 Å². The molecule has 8 nitrogen and oxygen atoms in total. The van der Waals surface area contributed by atoms with Gasteiger partial charge in [0.1, 0.15) is 0 Å². The fraction of sp³-hybridized carbons (Fsp3) is 0.550. The van der Waals surface area contributed by atoms with Crippen LogP contribution in [0, 0.1) is 11.8 Å². The van der Waals surface area contributed by atoms with Crippen molar-refractivity contribution in [1.82, 2.24) is 5.32 Å². The number of carbonyl (C=O) groups is 3. The normalized spacial score (nSPS) is 24.7. The third kappa shape index (κ3) is 4.21. The molecule has 0 radical (unpaired) electrons. The molecule has 0 spiro atoms. The first kappa shape index (κ1) is 20.0. The van der Waals surface area contributed by atoms with Crippen LogP contribution in [0.15, 0.2) is 18.2 Å². The Labute approximate surface area is 163 Å². The molecule has 1 saturated carbocycles. The van der Waals surface area contributed by atoms with Crippen molar-refractivity contribution in [2.24, 2.45) is 11.8 Å². The molecule has 2 N–H and O–H groups in total. The molecule has 2 fully saturated rings. The summed E-state index contributed by atoms with van der Waals surface area (Å²) < 4.78 is 10.5. The van der Waals surface area contributed by atoms with Crippen molar-refractivity contribution >= 4 is 23.5 Å². The van der Waals surface area contributed by atoms with Crippen LogP contribution >= 0.6 is 0 Å². The number of methoxy groups -OCH3 is 2. The lowest BCUT2D eigenvalue weighted by molar-refractivity contribution is -0.142. The molecule has 1 aromatic carbocycles. The third-order valence-electron chi connectivity index (χ3n) is 5.60. The zero-order chi connectivity index (χ0) is 20.3. The van der Waals surface area contributed by atoms with Crippen molar-refractivity contribution in [3.8, 4) is 11.5 Å². The summed E-state index contributed by atoms with van der Waals surface area (Å²) in [6, 6.07) is 5.21. The molecule has 1 aliphatic heterocycles. The van der Waals surface area contributed by atoms with Crippen LogP contribution in [0.2, 0.25) is 0 Å². The summed E-state index contributed by atoms with van der Waals surface area (Å²) in [6.07, 6.45) is 2.61. The smallest absolute Gasteiger partial charge is 0.306 e. The van der Waals surface area contributed by atoms with E-state index in [2.05, 4.69) is 5.32 Å². The van der Waals surface area contributed by atoms with Crippen LogP contribution < -0.4 is 19.7 Å². The monoisotopic (exact) mass is 390 g/mol. The highest BCUT2D eigenvalue weighted by molar-refractivity contribution is 6.00. The number of carboxylic acid groups (broad SMARTS) is 1. The highest BCUT2D eigenvalue weighted by atomic mass is 16.5. The third-order valence-corrected chi connectivity index (χ3v) is 5.60. The second-order valence-corrected chi connectivity index (χ2v) is 7.34. The Hall–Kier alpha value is -2.77. The van der Waals surface area contributed by atoms with E-state index in [-0.39, 0.29) is 30.2 Å². The molecule has 1 heterocycles. The number of benzene rings is 1. The Morgan fingerprint density at radius 2 is 1.75 bits per heavy atom. The highest BCUT2D eigenvalue weighted by Gasteiger charge is 2.37. The molecule has 152 valence electrons. The number of nitrogens with one attached hydrogen (secondary N) is 1. The molecule has 0 unspecified atom stereocenters. The molecule has 1 atom stereocenters. The maximum absolute atomic E-state index is 12.6. The number of carboxylic acids is 1. The average Bonchev–Trinajstić information content (AvgIpc) is 3.09. The number of hydrogen-bond donors (Lipinski definition) is 2. The van der Waals surface area contributed by atoms with Gasteiger partial charge in [-0.3, -0.25) is 14.4 Å². The van der Waals surface area contributed by atoms with Crippen molar-refractivity contribution in [2.45, 2.75) is 38.1 Å². The minimum absolute atomic E-state index is 0.0201. The van der Waals surface area contributed by atoms with Gasteiger partial charge in [-0.25, -0.2) is 0 Å². The molecule has 1 aliphatic carbocycles. The van der Waals surface area contributed by atoms with Crippen LogP contribution in [0.1, 0.15) is 32.1 Å². The topological polar surface area (TPSA) is 105 Å². The van der Waals surface area contributed by atoms with Gasteiger partial charge >= 0.3 is 5.97 Å². The molecular formula is C20H26N2O6. The number of rotatable bonds is 6. The van der Waals surface area contributed by atoms with Crippen molar-refractivity contribution in [3.05, 3.63) is 18.2 Å². The second kappa shape index (κ2) is 8.50. The number of carbonyl (C=O) groups excluding carboxylic acids is 2. The van der Waals surface area contributed by atoms with E-state index in [9.17, 15) is 14.4 Å². The van der Waals surface area contributed by atoms with Crippen molar-refractivity contribution in [1.29, 1.82) is 0 Å². The standard InChI is InChI=1S/C20H26N2O6/c1-27-16-8-7-15(10-17(16)28-2)22-11-13(9-18(22)23)19(24)21-14-5-3-12(4-6-14)20(25)26/h7-8,10,12-14H,3-6,9,11H2,1-2H3,(H,21,24)(H,25,26)/t12?,13-,14?/m0/s1. The maximum Gasteiger partial charge on any atom is 0.306 e. The Kier molecular flexibility index (Phi) is 6.06. The molecule has 8 heteroatoms. The summed E-state index contributed by atoms with van der Waals surface area (Å²) in [5, 5.41) is 12.1. The molecule has 3 rings (SSSR count). The molecule has 1 aromatic rings. The van der Waals surface area contributed by atoms with E-state index in [0.717, 1.165) is 0 Å². The Balaban J connectivity index is 1.60. The minimum Gasteiger partial charge on any atom is -0.493 e. The summed E-state index contributed by atoms with van der Waals surface area (Å²) in [5.41, 5.74) is 0.667. The average molecular weight is 390 g/mol. The summed E-state index contributed by atoms with van der Waals surface area (Å²) in [7, 11) is 3.08. The van der Waals surface area contributed by atoms with Gasteiger partial charge in [-0.15, -0.1) is 0 Å². The van der Waals surface area contributed by atoms with Crippen LogP contribution in [0.4, 0.5) is 5.69 Å². The van der Waals surface area contributed by atoms with Crippen molar-refractivity contribution in [3.63, 3.8) is 0 Å². The summed E-state index contributed by atoms with van der Waals surface area (Å²) in [5.74, 6) is -0.659. The predicted octanol–water partition coefficient (Wildman–Crippen LogP) is 1.82. The molecule has 2 amide bonds. The first-order valence-electron chi connectivity index (χ1n) is 9.48. The maximum atomic E-state index is 12.6. The van der Waals surface area contributed by atoms with E-state index in [1.54, 1.807) is 30.2 Å². The lowest BCUT2D eigenvalue weighted by atomic mass is 9.86. The van der Waals surface area contributed by atoms with Gasteiger partial charge < -0.3 is 24.8 Å². The SMILES string of the molecule is COc1ccc(N2C[C@@H](C(=O)NC3CCC(C(=O)O)CC3)CC2=O)cc1OC. The second-order valence-electron chi connectivity index (χ2n) is 7.34. The number of amides is 2. The van der Waals surface area contributed by atoms with Gasteiger partial charge in [0.2, 0.25) is 11.8 Å². The van der Waals surface area contributed by atoms with Crippen LogP contribution in [0.5, 0.6) is 11.5 Å². The predicted molar refractivity (Wildman–Crippen MR) is 102 cm³/mol. The van der Waals surface area contributed by atoms with Crippen LogP contribution in [-0.4, -0.2) is 49.7 Å². The van der Waals surface area contributed by atoms with Gasteiger partial charge in [-0.05, 0) is 37.8 Å². The summed E-state index contributed by atoms with van der Waals surface area (Å²) in [6.45, 7) is 0.310. The first-order valence-corrected chi connectivity index (χ1v) is 9.48. The van der Waals surface area contributed by atoms with E-state index >= 15 is 0 Å². The minimum atomic E-state index is -0.767.